The molecule has 0 radical (unpaired) electrons. The molecule has 3 N–H and O–H groups in total. The van der Waals surface area contributed by atoms with Gasteiger partial charge in [-0.25, -0.2) is 4.98 Å². The van der Waals surface area contributed by atoms with Crippen molar-refractivity contribution in [2.24, 2.45) is 0 Å². The summed E-state index contributed by atoms with van der Waals surface area (Å²) in [5.41, 5.74) is 4.60. The Labute approximate surface area is 69.2 Å². The van der Waals surface area contributed by atoms with E-state index in [9.17, 15) is 5.11 Å². The van der Waals surface area contributed by atoms with Gasteiger partial charge in [0.2, 0.25) is 0 Å². The van der Waals surface area contributed by atoms with Crippen LogP contribution < -0.4 is 5.73 Å². The number of nitrogens with two attached hydrogens (primary N) is 1. The Morgan fingerprint density at radius 3 is 2.64 bits per heavy atom. The number of nitrogen functional groups attached to an aromatic ring is 1. The molecular weight excluding hydrogens is 162 g/mol. The summed E-state index contributed by atoms with van der Waals surface area (Å²) in [4.78, 5) is 3.92. The smallest absolute Gasteiger partial charge is 0.199 e. The highest BCUT2D eigenvalue weighted by molar-refractivity contribution is 7.09. The van der Waals surface area contributed by atoms with Gasteiger partial charge < -0.3 is 10.8 Å². The van der Waals surface area contributed by atoms with Crippen molar-refractivity contribution >= 4 is 16.7 Å². The molecule has 0 aliphatic carbocycles. The molecule has 0 unspecified atom stereocenters. The van der Waals surface area contributed by atoms with Crippen LogP contribution in [0.5, 0.6) is 0 Å². The quantitative estimate of drug-likeness (QED) is 0.680. The molecule has 4 nitrogen and oxygen atoms in total. The molecule has 1 aromatic heterocycles. The standard InChI is InChI=1S/C6H11N3OS/c1-6(2,10)3-4-8-5(7)11-9-4/h10H,3H2,1-2H3,(H2,7,8,9). The molecule has 0 aliphatic rings. The molecule has 0 aromatic carbocycles. The van der Waals surface area contributed by atoms with E-state index >= 15 is 0 Å². The second-order valence-corrected chi connectivity index (χ2v) is 3.82. The lowest BCUT2D eigenvalue weighted by Crippen LogP contribution is -2.22. The summed E-state index contributed by atoms with van der Waals surface area (Å²) >= 11 is 1.15. The third kappa shape index (κ3) is 2.81. The Kier molecular flexibility index (Phi) is 2.10. The maximum atomic E-state index is 9.36. The Bertz CT molecular complexity index is 240. The molecule has 62 valence electrons. The van der Waals surface area contributed by atoms with Crippen LogP contribution in [0.2, 0.25) is 0 Å². The van der Waals surface area contributed by atoms with Gasteiger partial charge in [0.25, 0.3) is 0 Å². The minimum atomic E-state index is -0.756. The first-order valence-corrected chi connectivity index (χ1v) is 4.05. The summed E-state index contributed by atoms with van der Waals surface area (Å²) in [6, 6.07) is 0. The first-order chi connectivity index (χ1) is 4.97. The molecular formula is C6H11N3OS. The van der Waals surface area contributed by atoms with Crippen LogP contribution in [0, 0.1) is 0 Å². The SMILES string of the molecule is CC(C)(O)Cc1nsc(N)n1. The van der Waals surface area contributed by atoms with E-state index in [1.807, 2.05) is 0 Å². The summed E-state index contributed by atoms with van der Waals surface area (Å²) in [6.07, 6.45) is 0.445. The van der Waals surface area contributed by atoms with Crippen molar-refractivity contribution in [3.05, 3.63) is 5.82 Å². The van der Waals surface area contributed by atoms with Crippen molar-refractivity contribution in [2.75, 3.05) is 5.73 Å². The largest absolute Gasteiger partial charge is 0.390 e. The maximum Gasteiger partial charge on any atom is 0.199 e. The van der Waals surface area contributed by atoms with Crippen molar-refractivity contribution in [1.29, 1.82) is 0 Å². The molecule has 11 heavy (non-hydrogen) atoms. The molecule has 0 fully saturated rings. The van der Waals surface area contributed by atoms with Gasteiger partial charge in [-0.1, -0.05) is 0 Å². The first-order valence-electron chi connectivity index (χ1n) is 3.28. The fourth-order valence-electron chi connectivity index (χ4n) is 0.726. The van der Waals surface area contributed by atoms with Gasteiger partial charge >= 0.3 is 0 Å². The van der Waals surface area contributed by atoms with Crippen LogP contribution in [0.3, 0.4) is 0 Å². The summed E-state index contributed by atoms with van der Waals surface area (Å²) < 4.78 is 3.95. The fraction of sp³-hybridized carbons (Fsp3) is 0.667. The van der Waals surface area contributed by atoms with Crippen LogP contribution >= 0.6 is 11.5 Å². The van der Waals surface area contributed by atoms with Gasteiger partial charge in [-0.2, -0.15) is 4.37 Å². The number of hydrogen-bond acceptors (Lipinski definition) is 5. The zero-order valence-corrected chi connectivity index (χ0v) is 7.35. The van der Waals surface area contributed by atoms with Crippen molar-refractivity contribution in [2.45, 2.75) is 25.9 Å². The highest BCUT2D eigenvalue weighted by Crippen LogP contribution is 2.12. The highest BCUT2D eigenvalue weighted by atomic mass is 32.1. The van der Waals surface area contributed by atoms with Crippen molar-refractivity contribution in [3.8, 4) is 0 Å². The summed E-state index contributed by atoms with van der Waals surface area (Å²) in [6.45, 7) is 3.43. The van der Waals surface area contributed by atoms with E-state index in [4.69, 9.17) is 5.73 Å². The Balaban J connectivity index is 2.65. The third-order valence-electron chi connectivity index (χ3n) is 1.07. The average molecular weight is 173 g/mol. The number of aromatic nitrogens is 2. The molecule has 1 rings (SSSR count). The van der Waals surface area contributed by atoms with Gasteiger partial charge in [-0.15, -0.1) is 0 Å². The molecule has 0 saturated heterocycles. The lowest BCUT2D eigenvalue weighted by Gasteiger charge is -2.13. The second-order valence-electron chi connectivity index (χ2n) is 3.04. The summed E-state index contributed by atoms with van der Waals surface area (Å²) in [5, 5.41) is 9.81. The Hall–Kier alpha value is -0.680. The highest BCUT2D eigenvalue weighted by Gasteiger charge is 2.16. The van der Waals surface area contributed by atoms with E-state index in [1.54, 1.807) is 13.8 Å². The average Bonchev–Trinajstić information content (AvgIpc) is 2.10. The third-order valence-corrected chi connectivity index (χ3v) is 1.65. The molecule has 0 aliphatic heterocycles. The molecule has 0 bridgehead atoms. The van der Waals surface area contributed by atoms with E-state index in [-0.39, 0.29) is 0 Å². The topological polar surface area (TPSA) is 72.0 Å². The lowest BCUT2D eigenvalue weighted by molar-refractivity contribution is 0.0791. The lowest BCUT2D eigenvalue weighted by atomic mass is 10.1. The number of anilines is 1. The van der Waals surface area contributed by atoms with Gasteiger partial charge in [0.15, 0.2) is 5.13 Å². The predicted molar refractivity (Wildman–Crippen MR) is 44.3 cm³/mol. The minimum Gasteiger partial charge on any atom is -0.390 e. The van der Waals surface area contributed by atoms with Crippen LogP contribution in [-0.2, 0) is 6.42 Å². The fourth-order valence-corrected chi connectivity index (χ4v) is 1.18. The van der Waals surface area contributed by atoms with Crippen LogP contribution in [0.4, 0.5) is 5.13 Å². The van der Waals surface area contributed by atoms with Crippen LogP contribution in [0.1, 0.15) is 19.7 Å². The van der Waals surface area contributed by atoms with E-state index in [0.29, 0.717) is 17.4 Å². The molecule has 0 amide bonds. The van der Waals surface area contributed by atoms with Crippen LogP contribution in [-0.4, -0.2) is 20.1 Å². The van der Waals surface area contributed by atoms with Gasteiger partial charge in [0, 0.05) is 18.0 Å². The van der Waals surface area contributed by atoms with Crippen LogP contribution in [0.25, 0.3) is 0 Å². The Morgan fingerprint density at radius 2 is 2.27 bits per heavy atom. The summed E-state index contributed by atoms with van der Waals surface area (Å²) in [7, 11) is 0. The Morgan fingerprint density at radius 1 is 1.64 bits per heavy atom. The van der Waals surface area contributed by atoms with Gasteiger partial charge in [0.05, 0.1) is 5.60 Å². The van der Waals surface area contributed by atoms with Crippen molar-refractivity contribution in [1.82, 2.24) is 9.36 Å². The zero-order chi connectivity index (χ0) is 8.48. The number of hydrogen-bond donors (Lipinski definition) is 2. The molecule has 1 aromatic rings. The zero-order valence-electron chi connectivity index (χ0n) is 6.53. The van der Waals surface area contributed by atoms with Crippen molar-refractivity contribution in [3.63, 3.8) is 0 Å². The van der Waals surface area contributed by atoms with E-state index < -0.39 is 5.60 Å². The number of nitrogens with zero attached hydrogens (tertiary/aromatic N) is 2. The number of rotatable bonds is 2. The monoisotopic (exact) mass is 173 g/mol. The second kappa shape index (κ2) is 2.75. The predicted octanol–water partition coefficient (Wildman–Crippen LogP) is 0.434. The molecule has 0 spiro atoms. The molecule has 1 heterocycles. The maximum absolute atomic E-state index is 9.36. The van der Waals surface area contributed by atoms with Crippen LogP contribution in [0.15, 0.2) is 0 Å². The molecule has 0 atom stereocenters. The molecule has 0 saturated carbocycles. The van der Waals surface area contributed by atoms with E-state index in [1.165, 1.54) is 0 Å². The number of aliphatic hydroxyl groups is 1. The van der Waals surface area contributed by atoms with Crippen molar-refractivity contribution < 1.29 is 5.11 Å². The van der Waals surface area contributed by atoms with E-state index in [2.05, 4.69) is 9.36 Å². The van der Waals surface area contributed by atoms with Gasteiger partial charge in [-0.3, -0.25) is 0 Å². The summed E-state index contributed by atoms with van der Waals surface area (Å²) in [5.74, 6) is 0.611. The van der Waals surface area contributed by atoms with Gasteiger partial charge in [0.1, 0.15) is 5.82 Å². The van der Waals surface area contributed by atoms with E-state index in [0.717, 1.165) is 11.5 Å². The van der Waals surface area contributed by atoms with Gasteiger partial charge in [-0.05, 0) is 13.8 Å². The molecule has 5 heteroatoms. The normalized spacial score (nSPS) is 11.9. The minimum absolute atomic E-state index is 0.445. The first kappa shape index (κ1) is 8.42.